The Hall–Kier alpha value is -1.92. The highest BCUT2D eigenvalue weighted by molar-refractivity contribution is 9.10. The van der Waals surface area contributed by atoms with E-state index in [0.717, 1.165) is 15.6 Å². The molecule has 2 aromatic carbocycles. The Balaban J connectivity index is 1.82. The SMILES string of the molecule is O=C(/C=C/c1ccccc1)N(Cc1cccc(Br)c1)[C@@H]1CCS(=O)(=O)C1. The van der Waals surface area contributed by atoms with Crippen molar-refractivity contribution in [3.63, 3.8) is 0 Å². The fraction of sp³-hybridized carbons (Fsp3) is 0.250. The molecular formula is C20H20BrNO3S. The van der Waals surface area contributed by atoms with Crippen LogP contribution < -0.4 is 0 Å². The van der Waals surface area contributed by atoms with E-state index in [1.807, 2.05) is 54.6 Å². The number of sulfone groups is 1. The fourth-order valence-electron chi connectivity index (χ4n) is 3.07. The van der Waals surface area contributed by atoms with Gasteiger partial charge in [0, 0.05) is 23.1 Å². The lowest BCUT2D eigenvalue weighted by Crippen LogP contribution is -2.39. The van der Waals surface area contributed by atoms with E-state index in [1.54, 1.807) is 11.0 Å². The van der Waals surface area contributed by atoms with Crippen molar-refractivity contribution in [3.8, 4) is 0 Å². The predicted molar refractivity (Wildman–Crippen MR) is 107 cm³/mol. The van der Waals surface area contributed by atoms with Crippen LogP contribution in [0, 0.1) is 0 Å². The Morgan fingerprint density at radius 2 is 1.92 bits per heavy atom. The average Bonchev–Trinajstić information content (AvgIpc) is 2.98. The second kappa shape index (κ2) is 8.18. The molecule has 1 aliphatic rings. The highest BCUT2D eigenvalue weighted by atomic mass is 79.9. The maximum absolute atomic E-state index is 12.8. The van der Waals surface area contributed by atoms with Crippen molar-refractivity contribution in [2.75, 3.05) is 11.5 Å². The summed E-state index contributed by atoms with van der Waals surface area (Å²) in [5.74, 6) is 0.00442. The number of carbonyl (C=O) groups excluding carboxylic acids is 1. The molecular weight excluding hydrogens is 414 g/mol. The minimum atomic E-state index is -3.07. The van der Waals surface area contributed by atoms with Gasteiger partial charge in [-0.2, -0.15) is 0 Å². The van der Waals surface area contributed by atoms with Crippen LogP contribution in [-0.2, 0) is 21.2 Å². The summed E-state index contributed by atoms with van der Waals surface area (Å²) in [6, 6.07) is 17.0. The number of halogens is 1. The van der Waals surface area contributed by atoms with Gasteiger partial charge in [-0.15, -0.1) is 0 Å². The van der Waals surface area contributed by atoms with Crippen molar-refractivity contribution in [1.29, 1.82) is 0 Å². The number of hydrogen-bond donors (Lipinski definition) is 0. The fourth-order valence-corrected chi connectivity index (χ4v) is 5.24. The second-order valence-corrected chi connectivity index (χ2v) is 9.54. The Bertz CT molecular complexity index is 910. The van der Waals surface area contributed by atoms with E-state index in [2.05, 4.69) is 15.9 Å². The molecule has 0 saturated carbocycles. The molecule has 4 nitrogen and oxygen atoms in total. The zero-order valence-electron chi connectivity index (χ0n) is 14.2. The van der Waals surface area contributed by atoms with Gasteiger partial charge in [0.2, 0.25) is 5.91 Å². The molecule has 1 atom stereocenters. The molecule has 136 valence electrons. The molecule has 3 rings (SSSR count). The lowest BCUT2D eigenvalue weighted by molar-refractivity contribution is -0.128. The van der Waals surface area contributed by atoms with Crippen LogP contribution in [0.15, 0.2) is 65.1 Å². The van der Waals surface area contributed by atoms with Crippen LogP contribution in [0.5, 0.6) is 0 Å². The molecule has 0 spiro atoms. The molecule has 1 saturated heterocycles. The topological polar surface area (TPSA) is 54.5 Å². The molecule has 0 bridgehead atoms. The monoisotopic (exact) mass is 433 g/mol. The Morgan fingerprint density at radius 1 is 1.15 bits per heavy atom. The Morgan fingerprint density at radius 3 is 2.58 bits per heavy atom. The third-order valence-electron chi connectivity index (χ3n) is 4.39. The summed E-state index contributed by atoms with van der Waals surface area (Å²) in [7, 11) is -3.07. The largest absolute Gasteiger partial charge is 0.331 e. The molecule has 1 heterocycles. The first kappa shape index (κ1) is 18.9. The van der Waals surface area contributed by atoms with Crippen LogP contribution >= 0.6 is 15.9 Å². The maximum Gasteiger partial charge on any atom is 0.247 e. The molecule has 0 aliphatic carbocycles. The molecule has 1 fully saturated rings. The van der Waals surface area contributed by atoms with Gasteiger partial charge >= 0.3 is 0 Å². The zero-order chi connectivity index (χ0) is 18.6. The summed E-state index contributed by atoms with van der Waals surface area (Å²) in [5.41, 5.74) is 1.90. The van der Waals surface area contributed by atoms with Gasteiger partial charge in [-0.05, 0) is 35.8 Å². The van der Waals surface area contributed by atoms with Crippen molar-refractivity contribution in [3.05, 3.63) is 76.3 Å². The predicted octanol–water partition coefficient (Wildman–Crippen LogP) is 3.68. The van der Waals surface area contributed by atoms with Gasteiger partial charge in [0.25, 0.3) is 0 Å². The van der Waals surface area contributed by atoms with Gasteiger partial charge in [-0.1, -0.05) is 58.4 Å². The van der Waals surface area contributed by atoms with Crippen LogP contribution in [0.1, 0.15) is 17.5 Å². The van der Waals surface area contributed by atoms with E-state index in [1.165, 1.54) is 6.08 Å². The summed E-state index contributed by atoms with van der Waals surface area (Å²) in [6.45, 7) is 0.386. The molecule has 0 aromatic heterocycles. The molecule has 2 aromatic rings. The third-order valence-corrected chi connectivity index (χ3v) is 6.64. The normalized spacial score (nSPS) is 18.9. The summed E-state index contributed by atoms with van der Waals surface area (Å²) in [4.78, 5) is 14.5. The summed E-state index contributed by atoms with van der Waals surface area (Å²) >= 11 is 3.44. The van der Waals surface area contributed by atoms with E-state index in [9.17, 15) is 13.2 Å². The third kappa shape index (κ3) is 5.05. The first-order valence-corrected chi connectivity index (χ1v) is 11.0. The number of benzene rings is 2. The number of hydrogen-bond acceptors (Lipinski definition) is 3. The van der Waals surface area contributed by atoms with Crippen LogP contribution in [-0.4, -0.2) is 36.8 Å². The van der Waals surface area contributed by atoms with Gasteiger partial charge in [0.15, 0.2) is 9.84 Å². The summed E-state index contributed by atoms with van der Waals surface area (Å²) < 4.78 is 24.7. The van der Waals surface area contributed by atoms with E-state index in [4.69, 9.17) is 0 Å². The standard InChI is InChI=1S/C20H20BrNO3S/c21-18-8-4-7-17(13-18)14-22(19-11-12-26(24,25)15-19)20(23)10-9-16-5-2-1-3-6-16/h1-10,13,19H,11-12,14-15H2/b10-9+/t19-/m1/s1. The average molecular weight is 434 g/mol. The van der Waals surface area contributed by atoms with Crippen molar-refractivity contribution >= 4 is 37.8 Å². The molecule has 0 N–H and O–H groups in total. The lowest BCUT2D eigenvalue weighted by atomic mass is 10.1. The van der Waals surface area contributed by atoms with Crippen molar-refractivity contribution in [1.82, 2.24) is 4.90 Å². The summed E-state index contributed by atoms with van der Waals surface area (Å²) in [5, 5.41) is 0. The highest BCUT2D eigenvalue weighted by Gasteiger charge is 2.34. The first-order valence-electron chi connectivity index (χ1n) is 8.41. The minimum Gasteiger partial charge on any atom is -0.331 e. The number of carbonyl (C=O) groups is 1. The smallest absolute Gasteiger partial charge is 0.247 e. The minimum absolute atomic E-state index is 0.0337. The summed E-state index contributed by atoms with van der Waals surface area (Å²) in [6.07, 6.45) is 3.78. The van der Waals surface area contributed by atoms with Gasteiger partial charge in [0.05, 0.1) is 11.5 Å². The molecule has 6 heteroatoms. The van der Waals surface area contributed by atoms with Gasteiger partial charge < -0.3 is 4.90 Å². The number of amides is 1. The maximum atomic E-state index is 12.8. The van der Waals surface area contributed by atoms with Crippen LogP contribution in [0.25, 0.3) is 6.08 Å². The zero-order valence-corrected chi connectivity index (χ0v) is 16.6. The molecule has 0 radical (unpaired) electrons. The lowest BCUT2D eigenvalue weighted by Gasteiger charge is -2.27. The second-order valence-electron chi connectivity index (χ2n) is 6.40. The van der Waals surface area contributed by atoms with E-state index in [0.29, 0.717) is 13.0 Å². The molecule has 1 aliphatic heterocycles. The van der Waals surface area contributed by atoms with Crippen molar-refractivity contribution in [2.24, 2.45) is 0 Å². The van der Waals surface area contributed by atoms with E-state index < -0.39 is 9.84 Å². The van der Waals surface area contributed by atoms with Gasteiger partial charge in [0.1, 0.15) is 0 Å². The Kier molecular flexibility index (Phi) is 5.94. The van der Waals surface area contributed by atoms with Gasteiger partial charge in [-0.25, -0.2) is 8.42 Å². The number of rotatable bonds is 5. The van der Waals surface area contributed by atoms with Crippen molar-refractivity contribution in [2.45, 2.75) is 19.0 Å². The van der Waals surface area contributed by atoms with Crippen molar-refractivity contribution < 1.29 is 13.2 Å². The van der Waals surface area contributed by atoms with Crippen LogP contribution in [0.4, 0.5) is 0 Å². The first-order chi connectivity index (χ1) is 12.4. The van der Waals surface area contributed by atoms with Crippen LogP contribution in [0.3, 0.4) is 0 Å². The molecule has 1 amide bonds. The quantitative estimate of drug-likeness (QED) is 0.675. The van der Waals surface area contributed by atoms with E-state index >= 15 is 0 Å². The number of nitrogens with zero attached hydrogens (tertiary/aromatic N) is 1. The van der Waals surface area contributed by atoms with Gasteiger partial charge in [-0.3, -0.25) is 4.79 Å². The van der Waals surface area contributed by atoms with E-state index in [-0.39, 0.29) is 23.5 Å². The molecule has 0 unspecified atom stereocenters. The highest BCUT2D eigenvalue weighted by Crippen LogP contribution is 2.22. The molecule has 26 heavy (non-hydrogen) atoms. The Labute approximate surface area is 162 Å². The van der Waals surface area contributed by atoms with Crippen LogP contribution in [0.2, 0.25) is 0 Å².